The second-order valence-electron chi connectivity index (χ2n) is 8.78. The molecule has 5 heteroatoms. The van der Waals surface area contributed by atoms with Gasteiger partial charge in [0.05, 0.1) is 18.0 Å². The highest BCUT2D eigenvalue weighted by atomic mass is 32.2. The highest BCUT2D eigenvalue weighted by Gasteiger charge is 2.30. The Morgan fingerprint density at radius 3 is 2.67 bits per heavy atom. The Morgan fingerprint density at radius 1 is 1.13 bits per heavy atom. The first-order valence-corrected chi connectivity index (χ1v) is 11.8. The summed E-state index contributed by atoms with van der Waals surface area (Å²) in [5.41, 5.74) is 3.76. The summed E-state index contributed by atoms with van der Waals surface area (Å²) in [6.45, 7) is 7.09. The minimum atomic E-state index is -0.0398. The summed E-state index contributed by atoms with van der Waals surface area (Å²) in [7, 11) is 0. The number of amides is 2. The maximum atomic E-state index is 13.0. The van der Waals surface area contributed by atoms with Crippen LogP contribution in [0.4, 0.5) is 5.69 Å². The van der Waals surface area contributed by atoms with Crippen LogP contribution >= 0.6 is 11.8 Å². The lowest BCUT2D eigenvalue weighted by Crippen LogP contribution is -2.43. The summed E-state index contributed by atoms with van der Waals surface area (Å²) in [4.78, 5) is 28.6. The molecular weight excluding hydrogens is 392 g/mol. The predicted octanol–water partition coefficient (Wildman–Crippen LogP) is 5.19. The van der Waals surface area contributed by atoms with Crippen molar-refractivity contribution in [2.45, 2.75) is 57.5 Å². The van der Waals surface area contributed by atoms with Crippen molar-refractivity contribution in [2.24, 2.45) is 11.8 Å². The van der Waals surface area contributed by atoms with Gasteiger partial charge in [0.1, 0.15) is 0 Å². The summed E-state index contributed by atoms with van der Waals surface area (Å²) in [6.07, 6.45) is 3.44. The number of fused-ring (bicyclic) bond motifs is 1. The van der Waals surface area contributed by atoms with Crippen molar-refractivity contribution >= 4 is 29.3 Å². The first-order valence-electron chi connectivity index (χ1n) is 10.9. The zero-order valence-electron chi connectivity index (χ0n) is 18.0. The van der Waals surface area contributed by atoms with Crippen molar-refractivity contribution in [2.75, 3.05) is 10.7 Å². The zero-order chi connectivity index (χ0) is 21.3. The third kappa shape index (κ3) is 4.41. The number of hydrogen-bond acceptors (Lipinski definition) is 3. The van der Waals surface area contributed by atoms with Gasteiger partial charge >= 0.3 is 0 Å². The van der Waals surface area contributed by atoms with Gasteiger partial charge in [0.15, 0.2) is 0 Å². The fourth-order valence-electron chi connectivity index (χ4n) is 4.43. The quantitative estimate of drug-likeness (QED) is 0.738. The lowest BCUT2D eigenvalue weighted by atomic mass is 9.78. The van der Waals surface area contributed by atoms with Crippen LogP contribution in [0.25, 0.3) is 0 Å². The third-order valence-electron chi connectivity index (χ3n) is 6.65. The van der Waals surface area contributed by atoms with E-state index in [1.807, 2.05) is 23.1 Å². The van der Waals surface area contributed by atoms with Crippen LogP contribution in [0.1, 0.15) is 54.6 Å². The van der Waals surface area contributed by atoms with Gasteiger partial charge in [-0.2, -0.15) is 0 Å². The highest BCUT2D eigenvalue weighted by Crippen LogP contribution is 2.37. The summed E-state index contributed by atoms with van der Waals surface area (Å²) in [5.74, 6) is 1.59. The molecule has 2 amide bonds. The standard InChI is InChI=1S/C25H30N2O2S/c1-16-7-9-19(10-8-16)14-27-22-13-20(11-12-23(22)30-15-24(27)28)25(29)26-21-6-4-5-17(2)18(21)3/h7-13,17-18,21H,4-6,14-15H2,1-3H3,(H,26,29)/t17-,18-,21-/m0/s1. The average Bonchev–Trinajstić information content (AvgIpc) is 2.74. The Hall–Kier alpha value is -2.27. The summed E-state index contributed by atoms with van der Waals surface area (Å²) < 4.78 is 0. The van der Waals surface area contributed by atoms with E-state index in [2.05, 4.69) is 50.4 Å². The number of rotatable bonds is 4. The van der Waals surface area contributed by atoms with Crippen molar-refractivity contribution in [3.05, 3.63) is 59.2 Å². The van der Waals surface area contributed by atoms with Crippen LogP contribution in [-0.4, -0.2) is 23.6 Å². The Kier molecular flexibility index (Phi) is 6.19. The minimum Gasteiger partial charge on any atom is -0.349 e. The van der Waals surface area contributed by atoms with Crippen molar-refractivity contribution in [1.29, 1.82) is 0 Å². The molecule has 158 valence electrons. The van der Waals surface area contributed by atoms with Gasteiger partial charge in [0, 0.05) is 16.5 Å². The molecule has 2 aromatic rings. The second kappa shape index (κ2) is 8.84. The molecule has 1 aliphatic heterocycles. The molecule has 4 rings (SSSR count). The van der Waals surface area contributed by atoms with E-state index in [0.717, 1.165) is 29.0 Å². The lowest BCUT2D eigenvalue weighted by Gasteiger charge is -2.34. The lowest BCUT2D eigenvalue weighted by molar-refractivity contribution is -0.116. The number of carbonyl (C=O) groups is 2. The van der Waals surface area contributed by atoms with Gasteiger partial charge in [-0.15, -0.1) is 11.8 Å². The molecule has 2 aliphatic rings. The number of nitrogens with zero attached hydrogens (tertiary/aromatic N) is 1. The Bertz CT molecular complexity index is 941. The molecule has 0 bridgehead atoms. The maximum Gasteiger partial charge on any atom is 0.251 e. The van der Waals surface area contributed by atoms with Crippen LogP contribution in [0.15, 0.2) is 47.4 Å². The van der Waals surface area contributed by atoms with E-state index in [1.54, 1.807) is 11.8 Å². The van der Waals surface area contributed by atoms with Gasteiger partial charge in [0.25, 0.3) is 5.91 Å². The molecule has 2 aromatic carbocycles. The van der Waals surface area contributed by atoms with E-state index >= 15 is 0 Å². The fourth-order valence-corrected chi connectivity index (χ4v) is 5.35. The van der Waals surface area contributed by atoms with E-state index in [0.29, 0.717) is 29.7 Å². The van der Waals surface area contributed by atoms with Crippen LogP contribution in [0.2, 0.25) is 0 Å². The van der Waals surface area contributed by atoms with Gasteiger partial charge in [-0.05, 0) is 48.9 Å². The van der Waals surface area contributed by atoms with Crippen LogP contribution in [0.5, 0.6) is 0 Å². The van der Waals surface area contributed by atoms with Crippen LogP contribution in [-0.2, 0) is 11.3 Å². The molecule has 0 unspecified atom stereocenters. The number of benzene rings is 2. The summed E-state index contributed by atoms with van der Waals surface area (Å²) in [5, 5.41) is 3.25. The van der Waals surface area contributed by atoms with Crippen molar-refractivity contribution in [1.82, 2.24) is 5.32 Å². The molecule has 0 radical (unpaired) electrons. The third-order valence-corrected chi connectivity index (χ3v) is 7.70. The average molecular weight is 423 g/mol. The molecule has 1 saturated carbocycles. The number of thioether (sulfide) groups is 1. The molecule has 0 aromatic heterocycles. The van der Waals surface area contributed by atoms with E-state index in [4.69, 9.17) is 0 Å². The first kappa shape index (κ1) is 21.0. The van der Waals surface area contributed by atoms with Crippen molar-refractivity contribution in [3.63, 3.8) is 0 Å². The Morgan fingerprint density at radius 2 is 1.90 bits per heavy atom. The molecule has 30 heavy (non-hydrogen) atoms. The van der Waals surface area contributed by atoms with Gasteiger partial charge in [-0.3, -0.25) is 9.59 Å². The monoisotopic (exact) mass is 422 g/mol. The fraction of sp³-hybridized carbons (Fsp3) is 0.440. The topological polar surface area (TPSA) is 49.4 Å². The predicted molar refractivity (Wildman–Crippen MR) is 123 cm³/mol. The van der Waals surface area contributed by atoms with Crippen molar-refractivity contribution < 1.29 is 9.59 Å². The smallest absolute Gasteiger partial charge is 0.251 e. The number of aryl methyl sites for hydroxylation is 1. The molecule has 1 aliphatic carbocycles. The number of anilines is 1. The molecule has 3 atom stereocenters. The maximum absolute atomic E-state index is 13.0. The largest absolute Gasteiger partial charge is 0.349 e. The second-order valence-corrected chi connectivity index (χ2v) is 9.80. The molecule has 0 spiro atoms. The number of carbonyl (C=O) groups excluding carboxylic acids is 2. The Labute approximate surface area is 183 Å². The van der Waals surface area contributed by atoms with Crippen LogP contribution in [0.3, 0.4) is 0 Å². The SMILES string of the molecule is Cc1ccc(CN2C(=O)CSc3ccc(C(=O)N[C@H]4CCC[C@H](C)[C@@H]4C)cc32)cc1. The molecular formula is C25H30N2O2S. The number of hydrogen-bond donors (Lipinski definition) is 1. The molecule has 1 fully saturated rings. The van der Waals surface area contributed by atoms with Gasteiger partial charge in [0.2, 0.25) is 5.91 Å². The van der Waals surface area contributed by atoms with Gasteiger partial charge in [-0.1, -0.05) is 56.5 Å². The number of nitrogens with one attached hydrogen (secondary N) is 1. The first-order chi connectivity index (χ1) is 14.4. The van der Waals surface area contributed by atoms with Crippen LogP contribution < -0.4 is 10.2 Å². The Balaban J connectivity index is 1.56. The van der Waals surface area contributed by atoms with E-state index < -0.39 is 0 Å². The molecule has 1 heterocycles. The highest BCUT2D eigenvalue weighted by molar-refractivity contribution is 8.00. The normalized spacial score (nSPS) is 23.8. The zero-order valence-corrected chi connectivity index (χ0v) is 18.8. The summed E-state index contributed by atoms with van der Waals surface area (Å²) in [6, 6.07) is 14.2. The van der Waals surface area contributed by atoms with Crippen LogP contribution in [0, 0.1) is 18.8 Å². The van der Waals surface area contributed by atoms with Crippen molar-refractivity contribution in [3.8, 4) is 0 Å². The molecule has 0 saturated heterocycles. The summed E-state index contributed by atoms with van der Waals surface area (Å²) >= 11 is 1.55. The van der Waals surface area contributed by atoms with E-state index in [9.17, 15) is 9.59 Å². The molecule has 1 N–H and O–H groups in total. The van der Waals surface area contributed by atoms with Gasteiger partial charge < -0.3 is 10.2 Å². The van der Waals surface area contributed by atoms with E-state index in [-0.39, 0.29) is 17.9 Å². The van der Waals surface area contributed by atoms with Gasteiger partial charge in [-0.25, -0.2) is 0 Å². The van der Waals surface area contributed by atoms with E-state index in [1.165, 1.54) is 12.0 Å². The minimum absolute atomic E-state index is 0.0398. The molecule has 4 nitrogen and oxygen atoms in total.